The lowest BCUT2D eigenvalue weighted by Crippen LogP contribution is -2.27. The van der Waals surface area contributed by atoms with Gasteiger partial charge in [0.15, 0.2) is 0 Å². The minimum atomic E-state index is -0.306. The molecule has 0 unspecified atom stereocenters. The number of amides is 1. The second kappa shape index (κ2) is 8.22. The molecule has 2 heterocycles. The first-order valence-corrected chi connectivity index (χ1v) is 9.77. The van der Waals surface area contributed by atoms with Gasteiger partial charge in [0.2, 0.25) is 0 Å². The number of hydrogen-bond acceptors (Lipinski definition) is 7. The smallest absolute Gasteiger partial charge is 0.346 e. The van der Waals surface area contributed by atoms with Crippen molar-refractivity contribution in [3.63, 3.8) is 0 Å². The van der Waals surface area contributed by atoms with Crippen molar-refractivity contribution in [1.82, 2.24) is 9.80 Å². The molecule has 1 saturated heterocycles. The fourth-order valence-electron chi connectivity index (χ4n) is 2.36. The molecule has 0 bridgehead atoms. The molecule has 24 heavy (non-hydrogen) atoms. The Bertz CT molecular complexity index is 667. The van der Waals surface area contributed by atoms with Gasteiger partial charge in [-0.25, -0.2) is 4.79 Å². The number of likely N-dealkylation sites (N-methyl/N-ethyl adjacent to an activating group) is 1. The van der Waals surface area contributed by atoms with E-state index in [4.69, 9.17) is 17.0 Å². The number of rotatable bonds is 5. The predicted molar refractivity (Wildman–Crippen MR) is 103 cm³/mol. The van der Waals surface area contributed by atoms with Gasteiger partial charge in [-0.15, -0.1) is 0 Å². The Morgan fingerprint density at radius 2 is 1.83 bits per heavy atom. The number of carbonyl (C=O) groups is 2. The van der Waals surface area contributed by atoms with Crippen LogP contribution in [0.1, 0.15) is 27.7 Å². The van der Waals surface area contributed by atoms with Gasteiger partial charge >= 0.3 is 5.97 Å². The highest BCUT2D eigenvalue weighted by molar-refractivity contribution is 8.26. The summed E-state index contributed by atoms with van der Waals surface area (Å²) in [5.74, 6) is -0.371. The lowest BCUT2D eigenvalue weighted by molar-refractivity contribution is -0.137. The van der Waals surface area contributed by atoms with Crippen molar-refractivity contribution >= 4 is 51.9 Å². The zero-order chi connectivity index (χ0) is 17.9. The normalized spacial score (nSPS) is 21.7. The maximum absolute atomic E-state index is 12.2. The summed E-state index contributed by atoms with van der Waals surface area (Å²) < 4.78 is 5.69. The minimum absolute atomic E-state index is 0.0642. The van der Waals surface area contributed by atoms with E-state index in [1.807, 2.05) is 31.7 Å². The summed E-state index contributed by atoms with van der Waals surface area (Å²) >= 11 is 7.89. The van der Waals surface area contributed by atoms with Gasteiger partial charge in [-0.05, 0) is 39.8 Å². The molecule has 2 aliphatic rings. The molecular formula is C16H20N2O3S3. The first-order chi connectivity index (χ1) is 11.4. The largest absolute Gasteiger partial charge is 0.462 e. The topological polar surface area (TPSA) is 49.9 Å². The average molecular weight is 385 g/mol. The second-order valence-electron chi connectivity index (χ2n) is 4.93. The monoisotopic (exact) mass is 384 g/mol. The van der Waals surface area contributed by atoms with Gasteiger partial charge < -0.3 is 9.64 Å². The summed E-state index contributed by atoms with van der Waals surface area (Å²) in [6.07, 6.45) is 3.65. The highest BCUT2D eigenvalue weighted by Gasteiger charge is 2.32. The van der Waals surface area contributed by atoms with Crippen LogP contribution in [0.5, 0.6) is 0 Å². The quantitative estimate of drug-likeness (QED) is 0.409. The molecule has 0 aromatic rings. The van der Waals surface area contributed by atoms with Crippen LogP contribution in [0.4, 0.5) is 0 Å². The molecule has 1 amide bonds. The summed E-state index contributed by atoms with van der Waals surface area (Å²) in [5.41, 5.74) is 0.877. The molecule has 0 radical (unpaired) electrons. The van der Waals surface area contributed by atoms with Crippen LogP contribution < -0.4 is 0 Å². The summed E-state index contributed by atoms with van der Waals surface area (Å²) in [7, 11) is 0. The van der Waals surface area contributed by atoms with Crippen LogP contribution in [-0.4, -0.2) is 45.7 Å². The number of hydrogen-bond donors (Lipinski definition) is 0. The van der Waals surface area contributed by atoms with E-state index >= 15 is 0 Å². The van der Waals surface area contributed by atoms with Crippen molar-refractivity contribution < 1.29 is 14.3 Å². The van der Waals surface area contributed by atoms with Crippen LogP contribution in [0.3, 0.4) is 0 Å². The van der Waals surface area contributed by atoms with Crippen LogP contribution in [0, 0.1) is 0 Å². The van der Waals surface area contributed by atoms with Crippen molar-refractivity contribution in [1.29, 1.82) is 0 Å². The van der Waals surface area contributed by atoms with E-state index in [1.165, 1.54) is 23.5 Å². The zero-order valence-corrected chi connectivity index (χ0v) is 16.6. The summed E-state index contributed by atoms with van der Waals surface area (Å²) in [5, 5.41) is 0.903. The molecule has 1 fully saturated rings. The van der Waals surface area contributed by atoms with Crippen LogP contribution >= 0.6 is 35.7 Å². The number of carbonyl (C=O) groups excluding carboxylic acids is 2. The molecule has 0 spiro atoms. The number of ether oxygens (including phenoxy) is 1. The molecule has 0 saturated carbocycles. The fraction of sp³-hybridized carbons (Fsp3) is 0.438. The lowest BCUT2D eigenvalue weighted by atomic mass is 10.3. The van der Waals surface area contributed by atoms with E-state index in [2.05, 4.69) is 0 Å². The Kier molecular flexibility index (Phi) is 6.54. The van der Waals surface area contributed by atoms with Crippen LogP contribution in [0.2, 0.25) is 0 Å². The number of thiocarbonyl (C=S) groups is 1. The Balaban J connectivity index is 2.22. The van der Waals surface area contributed by atoms with Crippen molar-refractivity contribution in [2.45, 2.75) is 27.7 Å². The second-order valence-corrected chi connectivity index (χ2v) is 7.64. The molecule has 130 valence electrons. The molecular weight excluding hydrogens is 364 g/mol. The van der Waals surface area contributed by atoms with Gasteiger partial charge in [-0.1, -0.05) is 35.7 Å². The van der Waals surface area contributed by atoms with Gasteiger partial charge in [0.05, 0.1) is 16.5 Å². The SMILES string of the molecule is CCOC(=O)C1=C(C)N(CC)/C(=C/C=C2/SC(=S)N(CC)C2=O)S1. The average Bonchev–Trinajstić information content (AvgIpc) is 3.01. The van der Waals surface area contributed by atoms with Gasteiger partial charge in [-0.2, -0.15) is 0 Å². The van der Waals surface area contributed by atoms with Crippen molar-refractivity contribution in [3.8, 4) is 0 Å². The van der Waals surface area contributed by atoms with Crippen molar-refractivity contribution in [3.05, 3.63) is 32.7 Å². The third-order valence-electron chi connectivity index (χ3n) is 3.55. The third kappa shape index (κ3) is 3.70. The van der Waals surface area contributed by atoms with E-state index in [0.29, 0.717) is 27.3 Å². The summed E-state index contributed by atoms with van der Waals surface area (Å²) in [6.45, 7) is 9.26. The summed E-state index contributed by atoms with van der Waals surface area (Å²) in [6, 6.07) is 0. The molecule has 8 heteroatoms. The lowest BCUT2D eigenvalue weighted by Gasteiger charge is -2.18. The Labute approximate surface area is 156 Å². The number of esters is 1. The summed E-state index contributed by atoms with van der Waals surface area (Å²) in [4.78, 5) is 29.1. The third-order valence-corrected chi connectivity index (χ3v) is 6.18. The zero-order valence-electron chi connectivity index (χ0n) is 14.1. The van der Waals surface area contributed by atoms with Gasteiger partial charge in [0.25, 0.3) is 5.91 Å². The van der Waals surface area contributed by atoms with Crippen LogP contribution in [0.25, 0.3) is 0 Å². The van der Waals surface area contributed by atoms with Gasteiger partial charge in [0.1, 0.15) is 9.23 Å². The Morgan fingerprint density at radius 1 is 1.17 bits per heavy atom. The van der Waals surface area contributed by atoms with E-state index in [0.717, 1.165) is 17.3 Å². The van der Waals surface area contributed by atoms with Gasteiger partial charge in [-0.3, -0.25) is 9.69 Å². The highest BCUT2D eigenvalue weighted by atomic mass is 32.2. The number of thioether (sulfide) groups is 2. The van der Waals surface area contributed by atoms with Crippen molar-refractivity contribution in [2.24, 2.45) is 0 Å². The molecule has 0 aromatic heterocycles. The molecule has 2 rings (SSSR count). The number of allylic oxidation sites excluding steroid dienone is 3. The molecule has 0 N–H and O–H groups in total. The van der Waals surface area contributed by atoms with Gasteiger partial charge in [0, 0.05) is 18.8 Å². The predicted octanol–water partition coefficient (Wildman–Crippen LogP) is 3.46. The molecule has 0 aromatic carbocycles. The highest BCUT2D eigenvalue weighted by Crippen LogP contribution is 2.42. The Morgan fingerprint density at radius 3 is 2.38 bits per heavy atom. The van der Waals surface area contributed by atoms with Crippen LogP contribution in [-0.2, 0) is 14.3 Å². The minimum Gasteiger partial charge on any atom is -0.462 e. The van der Waals surface area contributed by atoms with E-state index in [9.17, 15) is 9.59 Å². The van der Waals surface area contributed by atoms with Crippen LogP contribution in [0.15, 0.2) is 32.7 Å². The molecule has 0 atom stereocenters. The molecule has 0 aliphatic carbocycles. The molecule has 2 aliphatic heterocycles. The van der Waals surface area contributed by atoms with E-state index in [1.54, 1.807) is 17.9 Å². The molecule has 5 nitrogen and oxygen atoms in total. The first kappa shape index (κ1) is 19.1. The maximum atomic E-state index is 12.2. The van der Waals surface area contributed by atoms with E-state index < -0.39 is 0 Å². The number of nitrogens with zero attached hydrogens (tertiary/aromatic N) is 2. The fourth-order valence-corrected chi connectivity index (χ4v) is 4.81. The van der Waals surface area contributed by atoms with Crippen molar-refractivity contribution in [2.75, 3.05) is 19.7 Å². The maximum Gasteiger partial charge on any atom is 0.346 e. The Hall–Kier alpha value is -1.25. The standard InChI is InChI=1S/C16H20N2O3S3/c1-5-17-10(4)13(15(20)21-7-3)24-12(17)9-8-11-14(19)18(6-2)16(22)23-11/h8-9H,5-7H2,1-4H3/b11-8+,12-9-. The van der Waals surface area contributed by atoms with E-state index in [-0.39, 0.29) is 11.9 Å². The first-order valence-electron chi connectivity index (χ1n) is 7.73.